The number of amides is 2. The van der Waals surface area contributed by atoms with Crippen molar-refractivity contribution in [1.29, 1.82) is 0 Å². The van der Waals surface area contributed by atoms with Crippen LogP contribution in [0.2, 0.25) is 0 Å². The number of nitrogens with zero attached hydrogens (tertiary/aromatic N) is 2. The lowest BCUT2D eigenvalue weighted by molar-refractivity contribution is -0.118. The van der Waals surface area contributed by atoms with Crippen molar-refractivity contribution < 1.29 is 18.0 Å². The van der Waals surface area contributed by atoms with Gasteiger partial charge in [-0.1, -0.05) is 39.8 Å². The molecule has 3 rings (SSSR count). The first kappa shape index (κ1) is 24.9. The summed E-state index contributed by atoms with van der Waals surface area (Å²) in [6, 6.07) is 13.9. The summed E-state index contributed by atoms with van der Waals surface area (Å²) in [7, 11) is -3.59. The van der Waals surface area contributed by atoms with Gasteiger partial charge < -0.3 is 10.2 Å². The number of hydrogen-bond donors (Lipinski definition) is 1. The highest BCUT2D eigenvalue weighted by molar-refractivity contribution is 7.89. The number of carbonyl (C=O) groups is 2. The van der Waals surface area contributed by atoms with E-state index in [9.17, 15) is 18.0 Å². The van der Waals surface area contributed by atoms with Crippen molar-refractivity contribution in [1.82, 2.24) is 9.21 Å². The Kier molecular flexibility index (Phi) is 7.92. The molecule has 2 aromatic carbocycles. The highest BCUT2D eigenvalue weighted by Crippen LogP contribution is 2.23. The van der Waals surface area contributed by atoms with Gasteiger partial charge in [0.25, 0.3) is 5.91 Å². The average molecular weight is 472 g/mol. The highest BCUT2D eigenvalue weighted by Gasteiger charge is 2.30. The first-order chi connectivity index (χ1) is 15.6. The Balaban J connectivity index is 1.60. The Labute approximate surface area is 196 Å². The lowest BCUT2D eigenvalue weighted by Gasteiger charge is -2.34. The molecule has 0 spiro atoms. The van der Waals surface area contributed by atoms with E-state index in [1.807, 2.05) is 26.0 Å². The molecule has 1 saturated heterocycles. The molecule has 33 heavy (non-hydrogen) atoms. The molecular weight excluding hydrogens is 438 g/mol. The van der Waals surface area contributed by atoms with Gasteiger partial charge >= 0.3 is 0 Å². The van der Waals surface area contributed by atoms with Crippen molar-refractivity contribution in [2.75, 3.05) is 31.5 Å². The summed E-state index contributed by atoms with van der Waals surface area (Å²) in [5, 5.41) is 2.80. The van der Waals surface area contributed by atoms with Gasteiger partial charge in [0.05, 0.1) is 4.90 Å². The monoisotopic (exact) mass is 471 g/mol. The lowest BCUT2D eigenvalue weighted by Crippen LogP contribution is -2.50. The van der Waals surface area contributed by atoms with Crippen LogP contribution in [0.1, 0.15) is 56.0 Å². The van der Waals surface area contributed by atoms with Crippen LogP contribution < -0.4 is 5.32 Å². The van der Waals surface area contributed by atoms with E-state index >= 15 is 0 Å². The van der Waals surface area contributed by atoms with Crippen LogP contribution >= 0.6 is 0 Å². The molecule has 1 unspecified atom stereocenters. The molecule has 1 aliphatic heterocycles. The predicted octanol–water partition coefficient (Wildman–Crippen LogP) is 3.94. The number of carbonyl (C=O) groups excluding carboxylic acids is 2. The molecular formula is C25H33N3O4S. The summed E-state index contributed by atoms with van der Waals surface area (Å²) >= 11 is 0. The number of benzene rings is 2. The van der Waals surface area contributed by atoms with Crippen molar-refractivity contribution >= 4 is 27.5 Å². The summed E-state index contributed by atoms with van der Waals surface area (Å²) in [5.74, 6) is 0.0289. The van der Waals surface area contributed by atoms with Crippen LogP contribution in [0.3, 0.4) is 0 Å². The van der Waals surface area contributed by atoms with Crippen molar-refractivity contribution in [2.24, 2.45) is 5.92 Å². The van der Waals surface area contributed by atoms with Gasteiger partial charge in [0, 0.05) is 43.3 Å². The Morgan fingerprint density at radius 2 is 1.48 bits per heavy atom. The number of sulfonamides is 1. The van der Waals surface area contributed by atoms with Gasteiger partial charge in [-0.2, -0.15) is 4.31 Å². The first-order valence-corrected chi connectivity index (χ1v) is 12.9. The van der Waals surface area contributed by atoms with E-state index in [1.165, 1.54) is 4.31 Å². The topological polar surface area (TPSA) is 86.8 Å². The van der Waals surface area contributed by atoms with Crippen LogP contribution in [0.25, 0.3) is 0 Å². The van der Waals surface area contributed by atoms with Crippen molar-refractivity contribution in [3.05, 3.63) is 59.7 Å². The molecule has 1 fully saturated rings. The lowest BCUT2D eigenvalue weighted by atomic mass is 9.99. The smallest absolute Gasteiger partial charge is 0.253 e. The maximum Gasteiger partial charge on any atom is 0.253 e. The molecule has 0 radical (unpaired) electrons. The minimum Gasteiger partial charge on any atom is -0.336 e. The maximum atomic E-state index is 13.0. The third-order valence-electron chi connectivity index (χ3n) is 6.15. The van der Waals surface area contributed by atoms with Crippen LogP contribution in [-0.2, 0) is 14.8 Å². The Morgan fingerprint density at radius 3 is 2.00 bits per heavy atom. The summed E-state index contributed by atoms with van der Waals surface area (Å²) in [5.41, 5.74) is 2.27. The third-order valence-corrected chi connectivity index (χ3v) is 8.06. The molecule has 2 aromatic rings. The second-order valence-electron chi connectivity index (χ2n) is 8.80. The summed E-state index contributed by atoms with van der Waals surface area (Å²) < 4.78 is 27.5. The zero-order valence-corrected chi connectivity index (χ0v) is 20.6. The van der Waals surface area contributed by atoms with E-state index in [-0.39, 0.29) is 35.7 Å². The molecule has 178 valence electrons. The second-order valence-corrected chi connectivity index (χ2v) is 10.7. The SMILES string of the molecule is CCC(C)c1ccc(S(=O)(=O)N2CCN(C(=O)c3ccc(NC(=O)C(C)C)cc3)CC2)cc1. The second kappa shape index (κ2) is 10.5. The van der Waals surface area contributed by atoms with Gasteiger partial charge in [-0.05, 0) is 54.3 Å². The van der Waals surface area contributed by atoms with Crippen LogP contribution in [0.5, 0.6) is 0 Å². The molecule has 0 saturated carbocycles. The molecule has 0 bridgehead atoms. The molecule has 0 aliphatic carbocycles. The normalized spacial score (nSPS) is 16.0. The number of nitrogens with one attached hydrogen (secondary N) is 1. The minimum absolute atomic E-state index is 0.0825. The standard InChI is InChI=1S/C25H33N3O4S/c1-5-19(4)20-8-12-23(13-9-20)33(31,32)28-16-14-27(15-17-28)25(30)21-6-10-22(11-7-21)26-24(29)18(2)3/h6-13,18-19H,5,14-17H2,1-4H3,(H,26,29). The largest absolute Gasteiger partial charge is 0.336 e. The molecule has 1 atom stereocenters. The molecule has 0 aromatic heterocycles. The zero-order chi connectivity index (χ0) is 24.2. The zero-order valence-electron chi connectivity index (χ0n) is 19.7. The van der Waals surface area contributed by atoms with E-state index in [0.29, 0.717) is 30.3 Å². The molecule has 1 heterocycles. The van der Waals surface area contributed by atoms with Crippen LogP contribution in [-0.4, -0.2) is 55.6 Å². The van der Waals surface area contributed by atoms with Gasteiger partial charge in [-0.3, -0.25) is 9.59 Å². The Morgan fingerprint density at radius 1 is 0.909 bits per heavy atom. The van der Waals surface area contributed by atoms with E-state index in [1.54, 1.807) is 41.3 Å². The highest BCUT2D eigenvalue weighted by atomic mass is 32.2. The van der Waals surface area contributed by atoms with E-state index in [2.05, 4.69) is 19.2 Å². The van der Waals surface area contributed by atoms with Crippen LogP contribution in [0.4, 0.5) is 5.69 Å². The molecule has 2 amide bonds. The van der Waals surface area contributed by atoms with Gasteiger partial charge in [0.15, 0.2) is 0 Å². The van der Waals surface area contributed by atoms with Gasteiger partial charge in [0.1, 0.15) is 0 Å². The molecule has 8 heteroatoms. The Bertz CT molecular complexity index is 1070. The first-order valence-electron chi connectivity index (χ1n) is 11.4. The van der Waals surface area contributed by atoms with Crippen LogP contribution in [0.15, 0.2) is 53.4 Å². The van der Waals surface area contributed by atoms with Gasteiger partial charge in [-0.25, -0.2) is 8.42 Å². The van der Waals surface area contributed by atoms with E-state index < -0.39 is 10.0 Å². The van der Waals surface area contributed by atoms with Crippen molar-refractivity contribution in [3.63, 3.8) is 0 Å². The number of piperazine rings is 1. The average Bonchev–Trinajstić information content (AvgIpc) is 2.83. The number of hydrogen-bond acceptors (Lipinski definition) is 4. The molecule has 1 N–H and O–H groups in total. The third kappa shape index (κ3) is 5.81. The van der Waals surface area contributed by atoms with E-state index in [4.69, 9.17) is 0 Å². The predicted molar refractivity (Wildman–Crippen MR) is 130 cm³/mol. The number of anilines is 1. The number of rotatable bonds is 7. The maximum absolute atomic E-state index is 13.0. The molecule has 7 nitrogen and oxygen atoms in total. The fourth-order valence-corrected chi connectivity index (χ4v) is 5.07. The Hall–Kier alpha value is -2.71. The summed E-state index contributed by atoms with van der Waals surface area (Å²) in [4.78, 5) is 26.6. The minimum atomic E-state index is -3.59. The summed E-state index contributed by atoms with van der Waals surface area (Å²) in [6.07, 6.45) is 0.997. The van der Waals surface area contributed by atoms with E-state index in [0.717, 1.165) is 12.0 Å². The van der Waals surface area contributed by atoms with Gasteiger partial charge in [0.2, 0.25) is 15.9 Å². The van der Waals surface area contributed by atoms with Crippen LogP contribution in [0, 0.1) is 5.92 Å². The molecule has 1 aliphatic rings. The fraction of sp³-hybridized carbons (Fsp3) is 0.440. The quantitative estimate of drug-likeness (QED) is 0.663. The van der Waals surface area contributed by atoms with Gasteiger partial charge in [-0.15, -0.1) is 0 Å². The fourth-order valence-electron chi connectivity index (χ4n) is 3.65. The van der Waals surface area contributed by atoms with Crippen molar-refractivity contribution in [3.8, 4) is 0 Å². The summed E-state index contributed by atoms with van der Waals surface area (Å²) in [6.45, 7) is 9.02. The van der Waals surface area contributed by atoms with Crippen molar-refractivity contribution in [2.45, 2.75) is 44.9 Å².